The summed E-state index contributed by atoms with van der Waals surface area (Å²) in [5, 5.41) is 3.00. The van der Waals surface area contributed by atoms with Gasteiger partial charge in [-0.2, -0.15) is 0 Å². The van der Waals surface area contributed by atoms with Crippen LogP contribution in [-0.4, -0.2) is 13.4 Å². The molecule has 1 aliphatic carbocycles. The average molecular weight is 407 g/mol. The van der Waals surface area contributed by atoms with Crippen LogP contribution in [0.15, 0.2) is 0 Å². The second kappa shape index (κ2) is 5.14. The van der Waals surface area contributed by atoms with Crippen LogP contribution in [0.1, 0.15) is 39.0 Å². The number of halogens is 2. The molecule has 0 aliphatic heterocycles. The molecule has 1 N–H and O–H groups in total. The molecule has 0 aromatic heterocycles. The number of amides is 1. The Kier molecular flexibility index (Phi) is 4.74. The van der Waals surface area contributed by atoms with Crippen LogP contribution >= 0.6 is 45.2 Å². The smallest absolute Gasteiger partial charge is 0.280 e. The topological polar surface area (TPSA) is 29.1 Å². The van der Waals surface area contributed by atoms with E-state index < -0.39 is 0 Å². The van der Waals surface area contributed by atoms with Crippen LogP contribution in [0, 0.1) is 0 Å². The van der Waals surface area contributed by atoms with Crippen molar-refractivity contribution < 1.29 is 4.79 Å². The molecule has 2 atom stereocenters. The lowest BCUT2D eigenvalue weighted by Gasteiger charge is -2.19. The van der Waals surface area contributed by atoms with Gasteiger partial charge in [-0.25, -0.2) is 0 Å². The van der Waals surface area contributed by atoms with Crippen molar-refractivity contribution in [3.8, 4) is 0 Å². The molecule has 2 unspecified atom stereocenters. The zero-order chi connectivity index (χ0) is 9.90. The number of rotatable bonds is 1. The third-order valence-electron chi connectivity index (χ3n) is 2.58. The van der Waals surface area contributed by atoms with E-state index in [1.807, 2.05) is 22.6 Å². The number of carbonyl (C=O) groups is 1. The fourth-order valence-corrected chi connectivity index (χ4v) is 2.90. The quantitative estimate of drug-likeness (QED) is 0.232. The molecule has 0 radical (unpaired) electrons. The van der Waals surface area contributed by atoms with Gasteiger partial charge in [0.25, 0.3) is 3.91 Å². The Morgan fingerprint density at radius 1 is 1.46 bits per heavy atom. The molecular formula is C9H15I2NO. The van der Waals surface area contributed by atoms with E-state index in [0.29, 0.717) is 9.46 Å². The molecule has 1 rings (SSSR count). The van der Waals surface area contributed by atoms with Gasteiger partial charge in [0.05, 0.1) is 0 Å². The molecule has 1 amide bonds. The second-order valence-electron chi connectivity index (χ2n) is 3.96. The Bertz CT molecular complexity index is 194. The van der Waals surface area contributed by atoms with Gasteiger partial charge in [-0.3, -0.25) is 4.79 Å². The predicted molar refractivity (Wildman–Crippen MR) is 71.8 cm³/mol. The molecule has 0 bridgehead atoms. The Hall–Kier alpha value is 0.930. The fraction of sp³-hybridized carbons (Fsp3) is 0.889. The Balaban J connectivity index is 2.40. The van der Waals surface area contributed by atoms with Gasteiger partial charge in [0, 0.05) is 32.1 Å². The van der Waals surface area contributed by atoms with E-state index in [0.717, 1.165) is 12.8 Å². The first-order valence-corrected chi connectivity index (χ1v) is 6.80. The molecule has 1 saturated carbocycles. The minimum absolute atomic E-state index is 0.0830. The van der Waals surface area contributed by atoms with Crippen LogP contribution < -0.4 is 5.32 Å². The van der Waals surface area contributed by atoms with Crippen LogP contribution in [0.25, 0.3) is 0 Å². The normalized spacial score (nSPS) is 35.2. The van der Waals surface area contributed by atoms with Gasteiger partial charge >= 0.3 is 0 Å². The number of nitrogens with one attached hydrogen (secondary N) is 1. The van der Waals surface area contributed by atoms with Crippen molar-refractivity contribution in [1.82, 2.24) is 5.32 Å². The largest absolute Gasteiger partial charge is 0.345 e. The zero-order valence-corrected chi connectivity index (χ0v) is 12.1. The SMILES string of the molecule is CC1(I)CCCC(NC(=O)I)CC1. The minimum atomic E-state index is 0.0830. The first kappa shape index (κ1) is 12.0. The van der Waals surface area contributed by atoms with Crippen molar-refractivity contribution in [3.05, 3.63) is 0 Å². The summed E-state index contributed by atoms with van der Waals surface area (Å²) in [6.07, 6.45) is 6.01. The van der Waals surface area contributed by atoms with E-state index in [4.69, 9.17) is 0 Å². The lowest BCUT2D eigenvalue weighted by Crippen LogP contribution is -2.30. The average Bonchev–Trinajstić information content (AvgIpc) is 2.12. The van der Waals surface area contributed by atoms with Gasteiger partial charge in [-0.15, -0.1) is 0 Å². The second-order valence-corrected chi connectivity index (χ2v) is 7.54. The lowest BCUT2D eigenvalue weighted by molar-refractivity contribution is 0.258. The molecular weight excluding hydrogens is 392 g/mol. The van der Waals surface area contributed by atoms with Crippen molar-refractivity contribution in [3.63, 3.8) is 0 Å². The summed E-state index contributed by atoms with van der Waals surface area (Å²) in [5.74, 6) is 0. The van der Waals surface area contributed by atoms with Crippen LogP contribution in [0.5, 0.6) is 0 Å². The molecule has 0 spiro atoms. The molecule has 76 valence electrons. The van der Waals surface area contributed by atoms with Crippen molar-refractivity contribution in [2.75, 3.05) is 0 Å². The number of hydrogen-bond donors (Lipinski definition) is 1. The number of carbonyl (C=O) groups excluding carboxylic acids is 1. The van der Waals surface area contributed by atoms with E-state index in [1.54, 1.807) is 0 Å². The van der Waals surface area contributed by atoms with Crippen molar-refractivity contribution in [2.45, 2.75) is 48.5 Å². The van der Waals surface area contributed by atoms with E-state index in [1.165, 1.54) is 19.3 Å². The van der Waals surface area contributed by atoms with E-state index in [2.05, 4.69) is 34.8 Å². The molecule has 4 heteroatoms. The third-order valence-corrected chi connectivity index (χ3v) is 3.97. The summed E-state index contributed by atoms with van der Waals surface area (Å²) in [5.41, 5.74) is 0. The van der Waals surface area contributed by atoms with Gasteiger partial charge in [0.15, 0.2) is 0 Å². The predicted octanol–water partition coefficient (Wildman–Crippen LogP) is 3.66. The highest BCUT2D eigenvalue weighted by atomic mass is 127. The summed E-state index contributed by atoms with van der Waals surface area (Å²) in [4.78, 5) is 10.9. The highest BCUT2D eigenvalue weighted by molar-refractivity contribution is 14.1. The highest BCUT2D eigenvalue weighted by Gasteiger charge is 2.25. The summed E-state index contributed by atoms with van der Waals surface area (Å²) < 4.78 is 0.530. The van der Waals surface area contributed by atoms with Gasteiger partial charge < -0.3 is 5.32 Å². The van der Waals surface area contributed by atoms with Crippen LogP contribution in [-0.2, 0) is 0 Å². The maximum atomic E-state index is 10.9. The molecule has 13 heavy (non-hydrogen) atoms. The van der Waals surface area contributed by atoms with Crippen molar-refractivity contribution in [1.29, 1.82) is 0 Å². The highest BCUT2D eigenvalue weighted by Crippen LogP contribution is 2.34. The monoisotopic (exact) mass is 407 g/mol. The maximum absolute atomic E-state index is 10.9. The molecule has 0 aromatic carbocycles. The van der Waals surface area contributed by atoms with Gasteiger partial charge in [-0.05, 0) is 25.7 Å². The fourth-order valence-electron chi connectivity index (χ4n) is 1.77. The van der Waals surface area contributed by atoms with Gasteiger partial charge in [-0.1, -0.05) is 35.9 Å². The summed E-state index contributed by atoms with van der Waals surface area (Å²) in [7, 11) is 0. The summed E-state index contributed by atoms with van der Waals surface area (Å²) in [6.45, 7) is 2.31. The van der Waals surface area contributed by atoms with E-state index in [9.17, 15) is 4.79 Å². The lowest BCUT2D eigenvalue weighted by atomic mass is 10.0. The zero-order valence-electron chi connectivity index (χ0n) is 7.78. The van der Waals surface area contributed by atoms with Crippen LogP contribution in [0.4, 0.5) is 4.79 Å². The Morgan fingerprint density at radius 3 is 2.77 bits per heavy atom. The molecule has 1 aliphatic rings. The van der Waals surface area contributed by atoms with Gasteiger partial charge in [0.1, 0.15) is 0 Å². The molecule has 1 fully saturated rings. The van der Waals surface area contributed by atoms with Crippen molar-refractivity contribution >= 4 is 49.1 Å². The third kappa shape index (κ3) is 4.80. The Morgan fingerprint density at radius 2 is 2.15 bits per heavy atom. The molecule has 0 saturated heterocycles. The molecule has 0 heterocycles. The first-order chi connectivity index (χ1) is 5.99. The first-order valence-electron chi connectivity index (χ1n) is 4.64. The van der Waals surface area contributed by atoms with Crippen molar-refractivity contribution in [2.24, 2.45) is 0 Å². The van der Waals surface area contributed by atoms with E-state index >= 15 is 0 Å². The minimum Gasteiger partial charge on any atom is -0.345 e. The van der Waals surface area contributed by atoms with Crippen LogP contribution in [0.3, 0.4) is 0 Å². The summed E-state index contributed by atoms with van der Waals surface area (Å²) >= 11 is 4.36. The standard InChI is InChI=1S/C9H15I2NO/c1-9(11)5-2-3-7(4-6-9)12-8(10)13/h7H,2-6H2,1H3,(H,12,13). The number of hydrogen-bond acceptors (Lipinski definition) is 1. The summed E-state index contributed by atoms with van der Waals surface area (Å²) in [6, 6.07) is 0.418. The molecule has 0 aromatic rings. The van der Waals surface area contributed by atoms with Crippen LogP contribution in [0.2, 0.25) is 0 Å². The Labute approximate surface area is 107 Å². The number of alkyl halides is 1. The molecule has 2 nitrogen and oxygen atoms in total. The van der Waals surface area contributed by atoms with Gasteiger partial charge in [0.2, 0.25) is 0 Å². The maximum Gasteiger partial charge on any atom is 0.280 e. The van der Waals surface area contributed by atoms with E-state index in [-0.39, 0.29) is 3.91 Å².